The molecule has 5 nitrogen and oxygen atoms in total. The zero-order valence-corrected chi connectivity index (χ0v) is 15.4. The molecule has 2 aromatic heterocycles. The first-order valence-corrected chi connectivity index (χ1v) is 9.82. The molecule has 0 aliphatic carbocycles. The first-order valence-electron chi connectivity index (χ1n) is 8.88. The molecule has 134 valence electrons. The summed E-state index contributed by atoms with van der Waals surface area (Å²) in [5, 5.41) is 6.54. The molecular weight excluding hydrogens is 334 g/mol. The number of nitrogens with zero attached hydrogens (tertiary/aromatic N) is 2. The Morgan fingerprint density at radius 2 is 2.16 bits per heavy atom. The Balaban J connectivity index is 1.60. The van der Waals surface area contributed by atoms with E-state index < -0.39 is 0 Å². The van der Waals surface area contributed by atoms with Gasteiger partial charge in [0.15, 0.2) is 0 Å². The molecule has 1 fully saturated rings. The summed E-state index contributed by atoms with van der Waals surface area (Å²) in [7, 11) is 2.03. The van der Waals surface area contributed by atoms with Crippen molar-refractivity contribution in [3.63, 3.8) is 0 Å². The lowest BCUT2D eigenvalue weighted by Crippen LogP contribution is -2.37. The van der Waals surface area contributed by atoms with Gasteiger partial charge in [-0.25, -0.2) is 0 Å². The van der Waals surface area contributed by atoms with Crippen LogP contribution in [0.5, 0.6) is 0 Å². The third kappa shape index (κ3) is 4.31. The Kier molecular flexibility index (Phi) is 5.91. The molecule has 1 atom stereocenters. The maximum absolute atomic E-state index is 12.8. The first-order chi connectivity index (χ1) is 12.2. The van der Waals surface area contributed by atoms with Crippen molar-refractivity contribution < 1.29 is 9.59 Å². The molecule has 1 aliphatic rings. The zero-order chi connectivity index (χ0) is 17.6. The van der Waals surface area contributed by atoms with Gasteiger partial charge < -0.3 is 14.8 Å². The van der Waals surface area contributed by atoms with Gasteiger partial charge in [0.1, 0.15) is 0 Å². The van der Waals surface area contributed by atoms with Crippen LogP contribution in [0.25, 0.3) is 0 Å². The summed E-state index contributed by atoms with van der Waals surface area (Å²) in [6, 6.07) is 6.07. The average Bonchev–Trinajstić information content (AvgIpc) is 3.22. The van der Waals surface area contributed by atoms with E-state index in [0.717, 1.165) is 25.8 Å². The largest absolute Gasteiger partial charge is 0.353 e. The van der Waals surface area contributed by atoms with Crippen LogP contribution in [-0.4, -0.2) is 34.4 Å². The second-order valence-corrected chi connectivity index (χ2v) is 7.29. The Labute approximate surface area is 152 Å². The van der Waals surface area contributed by atoms with Gasteiger partial charge in [0.05, 0.1) is 6.04 Å². The topological polar surface area (TPSA) is 54.3 Å². The van der Waals surface area contributed by atoms with Crippen LogP contribution in [0, 0.1) is 0 Å². The predicted octanol–water partition coefficient (Wildman–Crippen LogP) is 3.35. The summed E-state index contributed by atoms with van der Waals surface area (Å²) in [5.74, 6) is 0.0163. The minimum atomic E-state index is -0.107. The number of thiophene rings is 1. The van der Waals surface area contributed by atoms with Crippen molar-refractivity contribution in [1.29, 1.82) is 0 Å². The summed E-state index contributed by atoms with van der Waals surface area (Å²) in [5.41, 5.74) is 1.85. The fourth-order valence-corrected chi connectivity index (χ4v) is 4.09. The van der Waals surface area contributed by atoms with E-state index in [0.29, 0.717) is 18.5 Å². The number of hydrogen-bond donors (Lipinski definition) is 1. The minimum Gasteiger partial charge on any atom is -0.353 e. The highest BCUT2D eigenvalue weighted by Crippen LogP contribution is 2.30. The number of hydrogen-bond acceptors (Lipinski definition) is 3. The minimum absolute atomic E-state index is 0.107. The summed E-state index contributed by atoms with van der Waals surface area (Å²) in [6.45, 7) is 1.18. The van der Waals surface area contributed by atoms with Crippen LogP contribution >= 0.6 is 11.3 Å². The van der Waals surface area contributed by atoms with Crippen molar-refractivity contribution in [3.8, 4) is 0 Å². The zero-order valence-electron chi connectivity index (χ0n) is 14.6. The summed E-state index contributed by atoms with van der Waals surface area (Å²) in [4.78, 5) is 26.8. The van der Waals surface area contributed by atoms with Gasteiger partial charge in [-0.1, -0.05) is 12.8 Å². The second kappa shape index (κ2) is 8.34. The number of amides is 2. The predicted molar refractivity (Wildman–Crippen MR) is 99.6 cm³/mol. The van der Waals surface area contributed by atoms with Crippen molar-refractivity contribution in [1.82, 2.24) is 14.8 Å². The number of carbonyl (C=O) groups is 2. The van der Waals surface area contributed by atoms with Gasteiger partial charge >= 0.3 is 0 Å². The van der Waals surface area contributed by atoms with Crippen molar-refractivity contribution in [2.24, 2.45) is 7.05 Å². The fourth-order valence-electron chi connectivity index (χ4n) is 3.46. The normalized spacial score (nSPS) is 18.0. The number of rotatable bonds is 5. The van der Waals surface area contributed by atoms with E-state index in [1.165, 1.54) is 23.5 Å². The van der Waals surface area contributed by atoms with Gasteiger partial charge in [0.2, 0.25) is 5.91 Å². The highest BCUT2D eigenvalue weighted by Gasteiger charge is 2.27. The van der Waals surface area contributed by atoms with Crippen molar-refractivity contribution in [3.05, 3.63) is 46.4 Å². The number of aryl methyl sites for hydroxylation is 1. The van der Waals surface area contributed by atoms with E-state index in [4.69, 9.17) is 0 Å². The van der Waals surface area contributed by atoms with Gasteiger partial charge in [-0.15, -0.1) is 0 Å². The van der Waals surface area contributed by atoms with Crippen molar-refractivity contribution in [2.45, 2.75) is 38.1 Å². The first kappa shape index (κ1) is 17.7. The van der Waals surface area contributed by atoms with Gasteiger partial charge in [-0.05, 0) is 36.4 Å². The van der Waals surface area contributed by atoms with E-state index >= 15 is 0 Å². The number of carbonyl (C=O) groups excluding carboxylic acids is 2. The van der Waals surface area contributed by atoms with Crippen LogP contribution in [0.2, 0.25) is 0 Å². The van der Waals surface area contributed by atoms with Crippen LogP contribution in [-0.2, 0) is 11.8 Å². The molecule has 2 amide bonds. The molecule has 0 aromatic carbocycles. The molecule has 1 N–H and O–H groups in total. The second-order valence-electron chi connectivity index (χ2n) is 6.51. The van der Waals surface area contributed by atoms with Crippen LogP contribution in [0.4, 0.5) is 0 Å². The molecule has 0 bridgehead atoms. The highest BCUT2D eigenvalue weighted by atomic mass is 32.1. The van der Waals surface area contributed by atoms with Crippen LogP contribution in [0.15, 0.2) is 35.2 Å². The van der Waals surface area contributed by atoms with E-state index in [9.17, 15) is 9.59 Å². The van der Waals surface area contributed by atoms with E-state index in [2.05, 4.69) is 16.0 Å². The summed E-state index contributed by atoms with van der Waals surface area (Å²) >= 11 is 1.49. The van der Waals surface area contributed by atoms with Gasteiger partial charge in [0, 0.05) is 49.4 Å². The Morgan fingerprint density at radius 1 is 1.28 bits per heavy atom. The third-order valence-electron chi connectivity index (χ3n) is 4.81. The number of aromatic nitrogens is 1. The number of likely N-dealkylation sites (tertiary alicyclic amines) is 1. The van der Waals surface area contributed by atoms with Gasteiger partial charge in [-0.3, -0.25) is 9.59 Å². The molecule has 1 unspecified atom stereocenters. The van der Waals surface area contributed by atoms with Gasteiger partial charge in [0.25, 0.3) is 5.91 Å². The molecule has 0 saturated carbocycles. The fraction of sp³-hybridized carbons (Fsp3) is 0.474. The standard InChI is InChI=1S/C19H25N3O2S/c1-21-11-5-7-16(21)17-6-3-2-4-12-22(17)18(23)8-10-20-19(24)15-9-13-25-14-15/h5,7,9,11,13-14,17H,2-4,6,8,10,12H2,1H3,(H,20,24). The van der Waals surface area contributed by atoms with Crippen LogP contribution in [0.1, 0.15) is 54.2 Å². The molecule has 0 spiro atoms. The van der Waals surface area contributed by atoms with Crippen molar-refractivity contribution in [2.75, 3.05) is 13.1 Å². The quantitative estimate of drug-likeness (QED) is 0.890. The molecule has 1 saturated heterocycles. The Morgan fingerprint density at radius 3 is 2.88 bits per heavy atom. The Hall–Kier alpha value is -2.08. The maximum Gasteiger partial charge on any atom is 0.252 e. The average molecular weight is 359 g/mol. The molecule has 3 heterocycles. The number of nitrogens with one attached hydrogen (secondary N) is 1. The summed E-state index contributed by atoms with van der Waals surface area (Å²) in [6.07, 6.45) is 6.74. The molecule has 0 radical (unpaired) electrons. The lowest BCUT2D eigenvalue weighted by molar-refractivity contribution is -0.133. The van der Waals surface area contributed by atoms with E-state index in [1.807, 2.05) is 35.0 Å². The SMILES string of the molecule is Cn1cccc1C1CCCCCN1C(=O)CCNC(=O)c1ccsc1. The lowest BCUT2D eigenvalue weighted by Gasteiger charge is -2.30. The van der Waals surface area contributed by atoms with Crippen LogP contribution < -0.4 is 5.32 Å². The molecule has 3 rings (SSSR count). The van der Waals surface area contributed by atoms with E-state index in [1.54, 1.807) is 6.07 Å². The molecule has 2 aromatic rings. The van der Waals surface area contributed by atoms with Gasteiger partial charge in [-0.2, -0.15) is 11.3 Å². The third-order valence-corrected chi connectivity index (χ3v) is 5.49. The van der Waals surface area contributed by atoms with E-state index in [-0.39, 0.29) is 17.9 Å². The monoisotopic (exact) mass is 359 g/mol. The maximum atomic E-state index is 12.8. The molecule has 6 heteroatoms. The summed E-state index contributed by atoms with van der Waals surface area (Å²) < 4.78 is 2.11. The lowest BCUT2D eigenvalue weighted by atomic mass is 10.1. The Bertz CT molecular complexity index is 708. The highest BCUT2D eigenvalue weighted by molar-refractivity contribution is 7.08. The smallest absolute Gasteiger partial charge is 0.252 e. The molecular formula is C19H25N3O2S. The van der Waals surface area contributed by atoms with Crippen molar-refractivity contribution >= 4 is 23.2 Å². The molecule has 25 heavy (non-hydrogen) atoms. The van der Waals surface area contributed by atoms with Crippen LogP contribution in [0.3, 0.4) is 0 Å². The molecule has 1 aliphatic heterocycles.